The zero-order valence-electron chi connectivity index (χ0n) is 15.7. The number of fused-ring (bicyclic) bond motifs is 1. The number of nitrogens with two attached hydrogens (primary N) is 1. The van der Waals surface area contributed by atoms with Gasteiger partial charge in [0, 0.05) is 13.1 Å². The zero-order valence-corrected chi connectivity index (χ0v) is 16.5. The average Bonchev–Trinajstić information content (AvgIpc) is 2.64. The fourth-order valence-electron chi connectivity index (χ4n) is 3.28. The molecule has 27 heavy (non-hydrogen) atoms. The molecule has 1 heterocycles. The van der Waals surface area contributed by atoms with E-state index in [1.807, 2.05) is 25.1 Å². The van der Waals surface area contributed by atoms with Crippen molar-refractivity contribution < 1.29 is 0 Å². The summed E-state index contributed by atoms with van der Waals surface area (Å²) in [4.78, 5) is 19.9. The summed E-state index contributed by atoms with van der Waals surface area (Å²) in [5.41, 5.74) is 7.82. The van der Waals surface area contributed by atoms with Crippen LogP contribution in [-0.2, 0) is 13.1 Å². The van der Waals surface area contributed by atoms with Crippen LogP contribution >= 0.6 is 11.6 Å². The Morgan fingerprint density at radius 3 is 2.63 bits per heavy atom. The normalized spacial score (nSPS) is 12.6. The van der Waals surface area contributed by atoms with Crippen LogP contribution in [0.2, 0.25) is 5.02 Å². The monoisotopic (exact) mass is 384 g/mol. The van der Waals surface area contributed by atoms with Gasteiger partial charge in [0.25, 0.3) is 5.56 Å². The zero-order chi connectivity index (χ0) is 19.4. The van der Waals surface area contributed by atoms with Crippen molar-refractivity contribution in [1.29, 1.82) is 0 Å². The van der Waals surface area contributed by atoms with Gasteiger partial charge in [0.15, 0.2) is 0 Å². The molecular weight excluding hydrogens is 360 g/mol. The number of hydrogen-bond donors (Lipinski definition) is 1. The lowest BCUT2D eigenvalue weighted by molar-refractivity contribution is 0.312. The fraction of sp³-hybridized carbons (Fsp3) is 0.333. The first-order valence-electron chi connectivity index (χ1n) is 9.14. The molecule has 0 unspecified atom stereocenters. The third-order valence-corrected chi connectivity index (χ3v) is 4.90. The molecule has 0 spiro atoms. The van der Waals surface area contributed by atoms with Gasteiger partial charge in [0.05, 0.1) is 22.0 Å². The second-order valence-electron chi connectivity index (χ2n) is 6.93. The molecule has 2 aromatic carbocycles. The van der Waals surface area contributed by atoms with Crippen LogP contribution in [0.5, 0.6) is 0 Å². The number of benzene rings is 2. The van der Waals surface area contributed by atoms with Crippen molar-refractivity contribution in [3.8, 4) is 0 Å². The van der Waals surface area contributed by atoms with E-state index >= 15 is 0 Å². The predicted molar refractivity (Wildman–Crippen MR) is 111 cm³/mol. The van der Waals surface area contributed by atoms with Gasteiger partial charge in [-0.1, -0.05) is 48.0 Å². The van der Waals surface area contributed by atoms with Crippen LogP contribution < -0.4 is 11.3 Å². The highest BCUT2D eigenvalue weighted by molar-refractivity contribution is 6.35. The van der Waals surface area contributed by atoms with Crippen LogP contribution in [0.3, 0.4) is 0 Å². The van der Waals surface area contributed by atoms with Crippen molar-refractivity contribution in [2.24, 2.45) is 5.73 Å². The van der Waals surface area contributed by atoms with Crippen LogP contribution in [0.4, 0.5) is 0 Å². The molecule has 0 radical (unpaired) electrons. The Morgan fingerprint density at radius 1 is 1.19 bits per heavy atom. The van der Waals surface area contributed by atoms with E-state index in [-0.39, 0.29) is 11.6 Å². The predicted octanol–water partition coefficient (Wildman–Crippen LogP) is 3.59. The quantitative estimate of drug-likeness (QED) is 0.676. The highest BCUT2D eigenvalue weighted by atomic mass is 35.5. The average molecular weight is 385 g/mol. The van der Waals surface area contributed by atoms with Crippen LogP contribution in [0.25, 0.3) is 10.9 Å². The Morgan fingerprint density at radius 2 is 1.93 bits per heavy atom. The second kappa shape index (κ2) is 8.65. The van der Waals surface area contributed by atoms with Crippen molar-refractivity contribution in [2.45, 2.75) is 32.5 Å². The number of aromatic nitrogens is 2. The molecule has 6 heteroatoms. The largest absolute Gasteiger partial charge is 0.322 e. The van der Waals surface area contributed by atoms with Crippen molar-refractivity contribution >= 4 is 22.5 Å². The third-order valence-electron chi connectivity index (χ3n) is 4.59. The molecule has 0 fully saturated rings. The minimum Gasteiger partial charge on any atom is -0.322 e. The Kier molecular flexibility index (Phi) is 6.26. The van der Waals surface area contributed by atoms with E-state index in [0.717, 1.165) is 19.5 Å². The maximum absolute atomic E-state index is 13.0. The number of nitrogens with zero attached hydrogens (tertiary/aromatic N) is 3. The van der Waals surface area contributed by atoms with Crippen LogP contribution in [0.1, 0.15) is 30.8 Å². The summed E-state index contributed by atoms with van der Waals surface area (Å²) in [6, 6.07) is 15.3. The first-order chi connectivity index (χ1) is 13.0. The minimum atomic E-state index is -0.330. The molecule has 2 N–H and O–H groups in total. The Labute approximate surface area is 164 Å². The Bertz CT molecular complexity index is 969. The smallest absolute Gasteiger partial charge is 0.262 e. The van der Waals surface area contributed by atoms with Gasteiger partial charge in [0.1, 0.15) is 5.82 Å². The van der Waals surface area contributed by atoms with Crippen LogP contribution in [-0.4, -0.2) is 28.0 Å². The fourth-order valence-corrected chi connectivity index (χ4v) is 3.53. The van der Waals surface area contributed by atoms with Crippen molar-refractivity contribution in [3.05, 3.63) is 75.3 Å². The molecule has 3 rings (SSSR count). The molecule has 1 aromatic heterocycles. The number of halogens is 1. The van der Waals surface area contributed by atoms with E-state index in [4.69, 9.17) is 17.3 Å². The number of rotatable bonds is 7. The molecule has 5 nitrogen and oxygen atoms in total. The molecule has 0 aliphatic heterocycles. The lowest BCUT2D eigenvalue weighted by atomic mass is 10.2. The maximum Gasteiger partial charge on any atom is 0.262 e. The first-order valence-corrected chi connectivity index (χ1v) is 9.52. The van der Waals surface area contributed by atoms with Crippen LogP contribution in [0.15, 0.2) is 53.3 Å². The van der Waals surface area contributed by atoms with E-state index in [1.54, 1.807) is 22.8 Å². The molecule has 0 aliphatic rings. The van der Waals surface area contributed by atoms with Crippen molar-refractivity contribution in [1.82, 2.24) is 14.5 Å². The van der Waals surface area contributed by atoms with Crippen molar-refractivity contribution in [3.63, 3.8) is 0 Å². The molecule has 0 saturated carbocycles. The standard InChI is InChI=1S/C21H25ClN4O/c1-15(23)20-24-18-11-6-10-17(22)19(18)21(27)26(20)13-7-12-25(2)14-16-8-4-3-5-9-16/h3-6,8-11,15H,7,12-14,23H2,1-2H3/t15-/m0/s1. The lowest BCUT2D eigenvalue weighted by Gasteiger charge is -2.19. The van der Waals surface area contributed by atoms with E-state index in [2.05, 4.69) is 29.1 Å². The van der Waals surface area contributed by atoms with Gasteiger partial charge in [-0.05, 0) is 44.6 Å². The van der Waals surface area contributed by atoms with Gasteiger partial charge in [0.2, 0.25) is 0 Å². The van der Waals surface area contributed by atoms with Gasteiger partial charge >= 0.3 is 0 Å². The molecule has 3 aromatic rings. The molecule has 0 amide bonds. The highest BCUT2D eigenvalue weighted by Gasteiger charge is 2.15. The Hall–Kier alpha value is -2.21. The first kappa shape index (κ1) is 19.5. The van der Waals surface area contributed by atoms with E-state index < -0.39 is 0 Å². The summed E-state index contributed by atoms with van der Waals surface area (Å²) in [6.07, 6.45) is 0.820. The second-order valence-corrected chi connectivity index (χ2v) is 7.33. The van der Waals surface area contributed by atoms with Gasteiger partial charge in [-0.3, -0.25) is 9.36 Å². The summed E-state index contributed by atoms with van der Waals surface area (Å²) >= 11 is 6.25. The summed E-state index contributed by atoms with van der Waals surface area (Å²) in [5.74, 6) is 0.598. The molecule has 0 saturated heterocycles. The SMILES string of the molecule is C[C@H](N)c1nc2cccc(Cl)c2c(=O)n1CCCN(C)Cc1ccccc1. The number of hydrogen-bond acceptors (Lipinski definition) is 4. The third kappa shape index (κ3) is 4.56. The highest BCUT2D eigenvalue weighted by Crippen LogP contribution is 2.20. The van der Waals surface area contributed by atoms with Gasteiger partial charge < -0.3 is 10.6 Å². The summed E-state index contributed by atoms with van der Waals surface area (Å²) in [5, 5.41) is 0.886. The topological polar surface area (TPSA) is 64.1 Å². The van der Waals surface area contributed by atoms with Gasteiger partial charge in [-0.2, -0.15) is 0 Å². The molecular formula is C21H25ClN4O. The van der Waals surface area contributed by atoms with E-state index in [9.17, 15) is 4.79 Å². The molecule has 0 aliphatic carbocycles. The minimum absolute atomic E-state index is 0.122. The Balaban J connectivity index is 1.77. The summed E-state index contributed by atoms with van der Waals surface area (Å²) in [6.45, 7) is 4.14. The van der Waals surface area contributed by atoms with E-state index in [1.165, 1.54) is 5.56 Å². The molecule has 142 valence electrons. The maximum atomic E-state index is 13.0. The molecule has 1 atom stereocenters. The van der Waals surface area contributed by atoms with E-state index in [0.29, 0.717) is 28.3 Å². The van der Waals surface area contributed by atoms with Gasteiger partial charge in [-0.15, -0.1) is 0 Å². The van der Waals surface area contributed by atoms with Crippen LogP contribution in [0, 0.1) is 0 Å². The molecule has 0 bridgehead atoms. The van der Waals surface area contributed by atoms with Gasteiger partial charge in [-0.25, -0.2) is 4.98 Å². The van der Waals surface area contributed by atoms with Crippen molar-refractivity contribution in [2.75, 3.05) is 13.6 Å². The summed E-state index contributed by atoms with van der Waals surface area (Å²) < 4.78 is 1.68. The lowest BCUT2D eigenvalue weighted by Crippen LogP contribution is -2.30. The summed E-state index contributed by atoms with van der Waals surface area (Å²) in [7, 11) is 2.08.